The number of nitrogens with one attached hydrogen (secondary N) is 5. The first-order chi connectivity index (χ1) is 20.7. The first kappa shape index (κ1) is 28.9. The maximum Gasteiger partial charge on any atom is 0.240 e. The van der Waals surface area contributed by atoms with E-state index in [1.807, 2.05) is 6.07 Å². The van der Waals surface area contributed by atoms with Crippen molar-refractivity contribution in [3.05, 3.63) is 102 Å². The summed E-state index contributed by atoms with van der Waals surface area (Å²) < 4.78 is 34.3. The third-order valence-electron chi connectivity index (χ3n) is 6.85. The number of allylic oxidation sites excluding steroid dienone is 1. The van der Waals surface area contributed by atoms with E-state index < -0.39 is 28.9 Å². The fourth-order valence-corrected chi connectivity index (χ4v) is 4.52. The monoisotopic (exact) mass is 583 g/mol. The summed E-state index contributed by atoms with van der Waals surface area (Å²) in [6.45, 7) is 1.41. The van der Waals surface area contributed by atoms with E-state index in [9.17, 15) is 18.8 Å². The lowest BCUT2D eigenvalue weighted by Crippen LogP contribution is -2.35. The van der Waals surface area contributed by atoms with Gasteiger partial charge in [0.05, 0.1) is 5.69 Å². The van der Waals surface area contributed by atoms with Crippen LogP contribution in [0.5, 0.6) is 5.75 Å². The van der Waals surface area contributed by atoms with Crippen LogP contribution in [-0.4, -0.2) is 28.9 Å². The number of aromatic amines is 1. The molecule has 0 atom stereocenters. The van der Waals surface area contributed by atoms with Crippen LogP contribution in [0.2, 0.25) is 0 Å². The van der Waals surface area contributed by atoms with Gasteiger partial charge in [0.25, 0.3) is 0 Å². The highest BCUT2D eigenvalue weighted by Crippen LogP contribution is 2.47. The molecule has 1 fully saturated rings. The smallest absolute Gasteiger partial charge is 0.240 e. The summed E-state index contributed by atoms with van der Waals surface area (Å²) >= 11 is 0. The summed E-state index contributed by atoms with van der Waals surface area (Å²) in [6.07, 6.45) is 4.68. The van der Waals surface area contributed by atoms with Crippen molar-refractivity contribution in [2.75, 3.05) is 16.0 Å². The standard InChI is InChI=1S/C32H27F2N5O4/c1-19(40)37-23-4-2-3-20(17-23)25-12-16-36-29(25)28(11-15-35)43-27-10-9-24(18-26(27)34)39-31(42)32(13-14-32)30(41)38-22-7-5-21(33)6-8-22/h2-12,15-18,35-36H,13-14H2,1H3,(H,37,40)(H,38,41)(H,39,42)/b28-11+,35-15?. The van der Waals surface area contributed by atoms with Crippen LogP contribution in [0, 0.1) is 22.5 Å². The van der Waals surface area contributed by atoms with Gasteiger partial charge in [-0.05, 0) is 73.0 Å². The molecule has 5 rings (SSSR count). The van der Waals surface area contributed by atoms with Crippen LogP contribution < -0.4 is 20.7 Å². The maximum atomic E-state index is 15.2. The number of amides is 3. The Kier molecular flexibility index (Phi) is 8.15. The van der Waals surface area contributed by atoms with Gasteiger partial charge in [0.2, 0.25) is 17.7 Å². The molecule has 1 heterocycles. The fraction of sp³-hybridized carbons (Fsp3) is 0.125. The molecule has 0 spiro atoms. The Morgan fingerprint density at radius 3 is 2.21 bits per heavy atom. The second-order valence-electron chi connectivity index (χ2n) is 9.97. The third kappa shape index (κ3) is 6.51. The lowest BCUT2D eigenvalue weighted by molar-refractivity contribution is -0.131. The van der Waals surface area contributed by atoms with E-state index in [0.29, 0.717) is 35.5 Å². The molecule has 0 radical (unpaired) electrons. The fourth-order valence-electron chi connectivity index (χ4n) is 4.52. The van der Waals surface area contributed by atoms with Gasteiger partial charge in [0.15, 0.2) is 17.3 Å². The number of rotatable bonds is 10. The summed E-state index contributed by atoms with van der Waals surface area (Å²) in [7, 11) is 0. The number of hydrogen-bond donors (Lipinski definition) is 5. The SMILES string of the molecule is CC(=O)Nc1cccc(-c2cc[nH]c2/C(=C\C=N)Oc2ccc(NC(=O)C3(C(=O)Nc4ccc(F)cc4)CC3)cc2F)c1. The summed E-state index contributed by atoms with van der Waals surface area (Å²) in [4.78, 5) is 40.4. The lowest BCUT2D eigenvalue weighted by Gasteiger charge is -2.16. The topological polar surface area (TPSA) is 136 Å². The molecular formula is C32H27F2N5O4. The van der Waals surface area contributed by atoms with E-state index in [0.717, 1.165) is 17.8 Å². The van der Waals surface area contributed by atoms with Crippen molar-refractivity contribution in [2.24, 2.45) is 5.41 Å². The van der Waals surface area contributed by atoms with Gasteiger partial charge in [0, 0.05) is 54.1 Å². The van der Waals surface area contributed by atoms with Crippen LogP contribution in [0.3, 0.4) is 0 Å². The van der Waals surface area contributed by atoms with Gasteiger partial charge >= 0.3 is 0 Å². The van der Waals surface area contributed by atoms with E-state index in [2.05, 4.69) is 20.9 Å². The molecule has 0 unspecified atom stereocenters. The zero-order valence-electron chi connectivity index (χ0n) is 23.0. The van der Waals surface area contributed by atoms with E-state index in [1.54, 1.807) is 30.5 Å². The molecule has 3 aromatic carbocycles. The molecule has 1 aliphatic rings. The normalized spacial score (nSPS) is 13.5. The minimum Gasteiger partial charge on any atom is -0.452 e. The number of carbonyl (C=O) groups excluding carboxylic acids is 3. The minimum atomic E-state index is -1.30. The molecule has 3 amide bonds. The van der Waals surface area contributed by atoms with Crippen molar-refractivity contribution in [1.82, 2.24) is 4.98 Å². The van der Waals surface area contributed by atoms with Gasteiger partial charge in [-0.25, -0.2) is 8.78 Å². The predicted octanol–water partition coefficient (Wildman–Crippen LogP) is 6.35. The Morgan fingerprint density at radius 2 is 1.56 bits per heavy atom. The van der Waals surface area contributed by atoms with Crippen LogP contribution in [-0.2, 0) is 14.4 Å². The molecule has 4 aromatic rings. The van der Waals surface area contributed by atoms with Gasteiger partial charge in [-0.2, -0.15) is 0 Å². The van der Waals surface area contributed by atoms with Gasteiger partial charge in [0.1, 0.15) is 11.2 Å². The van der Waals surface area contributed by atoms with E-state index >= 15 is 4.39 Å². The van der Waals surface area contributed by atoms with E-state index in [-0.39, 0.29) is 23.1 Å². The molecule has 1 aromatic heterocycles. The number of hydrogen-bond acceptors (Lipinski definition) is 5. The van der Waals surface area contributed by atoms with Gasteiger partial charge in [-0.1, -0.05) is 12.1 Å². The number of benzene rings is 3. The average Bonchev–Trinajstić information content (AvgIpc) is 3.65. The largest absolute Gasteiger partial charge is 0.452 e. The zero-order chi connectivity index (χ0) is 30.6. The molecule has 43 heavy (non-hydrogen) atoms. The molecule has 0 saturated heterocycles. The number of ether oxygens (including phenoxy) is 1. The molecule has 1 saturated carbocycles. The molecule has 0 bridgehead atoms. The first-order valence-corrected chi connectivity index (χ1v) is 13.3. The van der Waals surface area contributed by atoms with Gasteiger partial charge < -0.3 is 31.1 Å². The Hall–Kier alpha value is -5.58. The van der Waals surface area contributed by atoms with Crippen LogP contribution in [0.4, 0.5) is 25.8 Å². The Morgan fingerprint density at radius 1 is 0.884 bits per heavy atom. The van der Waals surface area contributed by atoms with Crippen molar-refractivity contribution in [1.29, 1.82) is 5.41 Å². The predicted molar refractivity (Wildman–Crippen MR) is 160 cm³/mol. The van der Waals surface area contributed by atoms with Crippen molar-refractivity contribution >= 4 is 46.8 Å². The van der Waals surface area contributed by atoms with Crippen molar-refractivity contribution in [3.8, 4) is 16.9 Å². The lowest BCUT2D eigenvalue weighted by atomic mass is 10.0. The summed E-state index contributed by atoms with van der Waals surface area (Å²) in [5.74, 6) is -2.55. The van der Waals surface area contributed by atoms with E-state index in [4.69, 9.17) is 10.1 Å². The highest BCUT2D eigenvalue weighted by Gasteiger charge is 2.56. The van der Waals surface area contributed by atoms with Crippen molar-refractivity contribution < 1.29 is 27.9 Å². The molecular weight excluding hydrogens is 556 g/mol. The number of H-pyrrole nitrogens is 1. The van der Waals surface area contributed by atoms with Gasteiger partial charge in [-0.15, -0.1) is 0 Å². The van der Waals surface area contributed by atoms with E-state index in [1.165, 1.54) is 49.4 Å². The average molecular weight is 584 g/mol. The summed E-state index contributed by atoms with van der Waals surface area (Å²) in [6, 6.07) is 18.0. The van der Waals surface area contributed by atoms with Crippen molar-refractivity contribution in [2.45, 2.75) is 19.8 Å². The van der Waals surface area contributed by atoms with Crippen LogP contribution in [0.1, 0.15) is 25.5 Å². The molecule has 218 valence electrons. The quantitative estimate of drug-likeness (QED) is 0.0845. The minimum absolute atomic E-state index is 0.128. The summed E-state index contributed by atoms with van der Waals surface area (Å²) in [5, 5.41) is 15.6. The first-order valence-electron chi connectivity index (χ1n) is 13.3. The zero-order valence-corrected chi connectivity index (χ0v) is 23.0. The second-order valence-corrected chi connectivity index (χ2v) is 9.97. The molecule has 9 nitrogen and oxygen atoms in total. The Bertz CT molecular complexity index is 1740. The maximum absolute atomic E-state index is 15.2. The number of halogens is 2. The molecule has 1 aliphatic carbocycles. The number of anilines is 3. The second kappa shape index (κ2) is 12.1. The number of aromatic nitrogens is 1. The van der Waals surface area contributed by atoms with Gasteiger partial charge in [-0.3, -0.25) is 14.4 Å². The van der Waals surface area contributed by atoms with Crippen LogP contribution in [0.15, 0.2) is 85.1 Å². The molecule has 5 N–H and O–H groups in total. The molecule has 0 aliphatic heterocycles. The third-order valence-corrected chi connectivity index (χ3v) is 6.85. The molecule has 11 heteroatoms. The number of carbonyl (C=O) groups is 3. The summed E-state index contributed by atoms with van der Waals surface area (Å²) in [5.41, 5.74) is 1.70. The highest BCUT2D eigenvalue weighted by molar-refractivity contribution is 6.16. The Balaban J connectivity index is 1.30. The Labute approximate surface area is 245 Å². The highest BCUT2D eigenvalue weighted by atomic mass is 19.1. The van der Waals surface area contributed by atoms with Crippen LogP contribution >= 0.6 is 0 Å². The van der Waals surface area contributed by atoms with Crippen molar-refractivity contribution in [3.63, 3.8) is 0 Å². The van der Waals surface area contributed by atoms with Crippen LogP contribution in [0.25, 0.3) is 16.9 Å².